The maximum Gasteiger partial charge on any atom is 0.224 e. The summed E-state index contributed by atoms with van der Waals surface area (Å²) in [4.78, 5) is 12.2. The molecule has 20 heavy (non-hydrogen) atoms. The van der Waals surface area contributed by atoms with Crippen LogP contribution >= 0.6 is 0 Å². The molecular weight excluding hydrogens is 276 g/mol. The minimum atomic E-state index is -3.19. The van der Waals surface area contributed by atoms with E-state index in [-0.39, 0.29) is 17.9 Å². The van der Waals surface area contributed by atoms with Crippen molar-refractivity contribution in [3.8, 4) is 0 Å². The minimum Gasteiger partial charge on any atom is -0.353 e. The van der Waals surface area contributed by atoms with E-state index in [1.54, 1.807) is 0 Å². The minimum absolute atomic E-state index is 0.00499. The highest BCUT2D eigenvalue weighted by Crippen LogP contribution is 2.19. The average molecular weight is 304 g/mol. The predicted molar refractivity (Wildman–Crippen MR) is 80.8 cm³/mol. The summed E-state index contributed by atoms with van der Waals surface area (Å²) in [7, 11) is -3.19. The monoisotopic (exact) mass is 304 g/mol. The lowest BCUT2D eigenvalue weighted by atomic mass is 9.97. The first-order chi connectivity index (χ1) is 9.20. The molecule has 0 saturated carbocycles. The highest BCUT2D eigenvalue weighted by atomic mass is 32.2. The number of hydrogen-bond donors (Lipinski definition) is 1. The van der Waals surface area contributed by atoms with Crippen LogP contribution in [0.1, 0.15) is 46.5 Å². The lowest BCUT2D eigenvalue weighted by molar-refractivity contribution is -0.126. The van der Waals surface area contributed by atoms with Crippen LogP contribution in [0.3, 0.4) is 0 Å². The second kappa shape index (κ2) is 7.41. The highest BCUT2D eigenvalue weighted by molar-refractivity contribution is 7.88. The van der Waals surface area contributed by atoms with Crippen molar-refractivity contribution in [3.05, 3.63) is 0 Å². The van der Waals surface area contributed by atoms with Gasteiger partial charge >= 0.3 is 0 Å². The lowest BCUT2D eigenvalue weighted by Crippen LogP contribution is -2.46. The van der Waals surface area contributed by atoms with E-state index in [1.165, 1.54) is 10.6 Å². The summed E-state index contributed by atoms with van der Waals surface area (Å²) in [5.74, 6) is 0.416. The molecule has 0 aliphatic carbocycles. The van der Waals surface area contributed by atoms with E-state index in [2.05, 4.69) is 19.2 Å². The van der Waals surface area contributed by atoms with Crippen LogP contribution in [0.2, 0.25) is 0 Å². The van der Waals surface area contributed by atoms with Crippen molar-refractivity contribution in [2.45, 2.75) is 52.5 Å². The van der Waals surface area contributed by atoms with Crippen LogP contribution in [-0.2, 0) is 14.8 Å². The van der Waals surface area contributed by atoms with Crippen LogP contribution < -0.4 is 5.32 Å². The van der Waals surface area contributed by atoms with Gasteiger partial charge in [0.15, 0.2) is 0 Å². The Morgan fingerprint density at radius 3 is 2.50 bits per heavy atom. The SMILES string of the molecule is CC(C)CCC(C)NC(=O)C1CCCN(S(C)(=O)=O)C1. The Morgan fingerprint density at radius 2 is 1.95 bits per heavy atom. The fourth-order valence-electron chi connectivity index (χ4n) is 2.47. The summed E-state index contributed by atoms with van der Waals surface area (Å²) >= 11 is 0. The third kappa shape index (κ3) is 5.79. The number of rotatable bonds is 6. The van der Waals surface area contributed by atoms with Crippen molar-refractivity contribution in [2.75, 3.05) is 19.3 Å². The van der Waals surface area contributed by atoms with Gasteiger partial charge in [-0.25, -0.2) is 12.7 Å². The van der Waals surface area contributed by atoms with Gasteiger partial charge in [0.2, 0.25) is 15.9 Å². The van der Waals surface area contributed by atoms with Crippen LogP contribution in [0, 0.1) is 11.8 Å². The molecule has 1 aliphatic rings. The molecule has 1 amide bonds. The van der Waals surface area contributed by atoms with Crippen molar-refractivity contribution in [1.29, 1.82) is 0 Å². The van der Waals surface area contributed by atoms with Gasteiger partial charge in [0.25, 0.3) is 0 Å². The fourth-order valence-corrected chi connectivity index (χ4v) is 3.39. The van der Waals surface area contributed by atoms with Crippen LogP contribution in [0.5, 0.6) is 0 Å². The van der Waals surface area contributed by atoms with Gasteiger partial charge in [-0.1, -0.05) is 13.8 Å². The first kappa shape index (κ1) is 17.4. The third-order valence-electron chi connectivity index (χ3n) is 3.79. The summed E-state index contributed by atoms with van der Waals surface area (Å²) in [6, 6.07) is 0.151. The van der Waals surface area contributed by atoms with Gasteiger partial charge in [-0.15, -0.1) is 0 Å². The van der Waals surface area contributed by atoms with E-state index < -0.39 is 10.0 Å². The van der Waals surface area contributed by atoms with Crippen molar-refractivity contribution in [2.24, 2.45) is 11.8 Å². The molecule has 118 valence electrons. The van der Waals surface area contributed by atoms with Crippen molar-refractivity contribution >= 4 is 15.9 Å². The first-order valence-electron chi connectivity index (χ1n) is 7.45. The van der Waals surface area contributed by atoms with Gasteiger partial charge < -0.3 is 5.32 Å². The number of carbonyl (C=O) groups is 1. The summed E-state index contributed by atoms with van der Waals surface area (Å²) in [5, 5.41) is 3.02. The van der Waals surface area contributed by atoms with Gasteiger partial charge in [0.1, 0.15) is 0 Å². The van der Waals surface area contributed by atoms with Gasteiger partial charge in [0, 0.05) is 19.1 Å². The zero-order chi connectivity index (χ0) is 15.3. The van der Waals surface area contributed by atoms with Crippen molar-refractivity contribution < 1.29 is 13.2 Å². The number of sulfonamides is 1. The molecule has 0 bridgehead atoms. The summed E-state index contributed by atoms with van der Waals surface area (Å²) < 4.78 is 24.5. The quantitative estimate of drug-likeness (QED) is 0.810. The molecule has 5 nitrogen and oxygen atoms in total. The Morgan fingerprint density at radius 1 is 1.30 bits per heavy atom. The Balaban J connectivity index is 2.47. The largest absolute Gasteiger partial charge is 0.353 e. The summed E-state index contributed by atoms with van der Waals surface area (Å²) in [6.07, 6.45) is 4.78. The summed E-state index contributed by atoms with van der Waals surface area (Å²) in [5.41, 5.74) is 0. The number of hydrogen-bond acceptors (Lipinski definition) is 3. The molecule has 1 aliphatic heterocycles. The number of nitrogens with one attached hydrogen (secondary N) is 1. The molecule has 0 radical (unpaired) electrons. The fraction of sp³-hybridized carbons (Fsp3) is 0.929. The number of carbonyl (C=O) groups excluding carboxylic acids is 1. The molecule has 1 heterocycles. The van der Waals surface area contributed by atoms with Gasteiger partial charge in [0.05, 0.1) is 12.2 Å². The number of piperidine rings is 1. The molecule has 0 aromatic heterocycles. The van der Waals surface area contributed by atoms with E-state index in [0.717, 1.165) is 25.7 Å². The predicted octanol–water partition coefficient (Wildman–Crippen LogP) is 1.60. The molecular formula is C14H28N2O3S. The molecule has 1 saturated heterocycles. The molecule has 1 N–H and O–H groups in total. The maximum atomic E-state index is 12.2. The lowest BCUT2D eigenvalue weighted by Gasteiger charge is -2.30. The molecule has 6 heteroatoms. The standard InChI is InChI=1S/C14H28N2O3S/c1-11(2)7-8-12(3)15-14(17)13-6-5-9-16(10-13)20(4,18)19/h11-13H,5-10H2,1-4H3,(H,15,17). The molecule has 2 unspecified atom stereocenters. The van der Waals surface area contributed by atoms with Crippen LogP contribution in [0.15, 0.2) is 0 Å². The van der Waals surface area contributed by atoms with E-state index in [0.29, 0.717) is 19.0 Å². The molecule has 2 atom stereocenters. The Labute approximate surface area is 123 Å². The zero-order valence-corrected chi connectivity index (χ0v) is 13.9. The maximum absolute atomic E-state index is 12.2. The van der Waals surface area contributed by atoms with Crippen LogP contribution in [0.4, 0.5) is 0 Å². The molecule has 0 aromatic carbocycles. The second-order valence-electron chi connectivity index (χ2n) is 6.34. The second-order valence-corrected chi connectivity index (χ2v) is 8.32. The molecule has 0 aromatic rings. The molecule has 0 spiro atoms. The van der Waals surface area contributed by atoms with E-state index in [4.69, 9.17) is 0 Å². The highest BCUT2D eigenvalue weighted by Gasteiger charge is 2.30. The van der Waals surface area contributed by atoms with E-state index in [1.807, 2.05) is 6.92 Å². The van der Waals surface area contributed by atoms with Crippen LogP contribution in [-0.4, -0.2) is 44.0 Å². The van der Waals surface area contributed by atoms with Gasteiger partial charge in [-0.3, -0.25) is 4.79 Å². The number of nitrogens with zero attached hydrogens (tertiary/aromatic N) is 1. The Bertz CT molecular complexity index is 420. The average Bonchev–Trinajstić information content (AvgIpc) is 2.35. The third-order valence-corrected chi connectivity index (χ3v) is 5.06. The van der Waals surface area contributed by atoms with Gasteiger partial charge in [-0.05, 0) is 38.5 Å². The normalized spacial score (nSPS) is 22.8. The Kier molecular flexibility index (Phi) is 6.45. The van der Waals surface area contributed by atoms with Crippen LogP contribution in [0.25, 0.3) is 0 Å². The molecule has 1 fully saturated rings. The van der Waals surface area contributed by atoms with E-state index >= 15 is 0 Å². The van der Waals surface area contributed by atoms with E-state index in [9.17, 15) is 13.2 Å². The Hall–Kier alpha value is -0.620. The van der Waals surface area contributed by atoms with Crippen molar-refractivity contribution in [3.63, 3.8) is 0 Å². The molecule has 1 rings (SSSR count). The zero-order valence-electron chi connectivity index (χ0n) is 13.1. The first-order valence-corrected chi connectivity index (χ1v) is 9.30. The smallest absolute Gasteiger partial charge is 0.224 e. The van der Waals surface area contributed by atoms with Gasteiger partial charge in [-0.2, -0.15) is 0 Å². The number of amides is 1. The van der Waals surface area contributed by atoms with Crippen molar-refractivity contribution in [1.82, 2.24) is 9.62 Å². The topological polar surface area (TPSA) is 66.5 Å². The summed E-state index contributed by atoms with van der Waals surface area (Å²) in [6.45, 7) is 7.20.